The predicted molar refractivity (Wildman–Crippen MR) is 194 cm³/mol. The first-order valence-corrected chi connectivity index (χ1v) is 16.3. The summed E-state index contributed by atoms with van der Waals surface area (Å²) < 4.78 is 5.72. The molecule has 0 bridgehead atoms. The van der Waals surface area contributed by atoms with Crippen LogP contribution >= 0.6 is 0 Å². The van der Waals surface area contributed by atoms with Crippen molar-refractivity contribution in [2.24, 2.45) is 5.73 Å². The Morgan fingerprint density at radius 2 is 1.32 bits per heavy atom. The van der Waals surface area contributed by atoms with Gasteiger partial charge in [-0.3, -0.25) is 0 Å². The van der Waals surface area contributed by atoms with Crippen molar-refractivity contribution in [1.29, 1.82) is 0 Å². The van der Waals surface area contributed by atoms with E-state index in [0.717, 1.165) is 57.5 Å². The number of nitrogens with one attached hydrogen (secondary N) is 2. The first-order valence-electron chi connectivity index (χ1n) is 16.3. The van der Waals surface area contributed by atoms with Crippen LogP contribution in [0.4, 0.5) is 10.5 Å². The van der Waals surface area contributed by atoms with E-state index in [2.05, 4.69) is 78.4 Å². The van der Waals surface area contributed by atoms with Crippen molar-refractivity contribution < 1.29 is 9.53 Å². The maximum atomic E-state index is 13.0. The van der Waals surface area contributed by atoms with E-state index in [1.165, 1.54) is 22.1 Å². The van der Waals surface area contributed by atoms with Crippen LogP contribution in [0.15, 0.2) is 97.1 Å². The van der Waals surface area contributed by atoms with Gasteiger partial charge in [-0.25, -0.2) is 4.79 Å². The molecule has 2 atom stereocenters. The topological polar surface area (TPSA) is 113 Å². The minimum absolute atomic E-state index is 0.0628. The molecular formula is C40H45N5O2. The van der Waals surface area contributed by atoms with E-state index >= 15 is 0 Å². The Kier molecular flexibility index (Phi) is 8.84. The number of hydrogen-bond donors (Lipinski definition) is 4. The van der Waals surface area contributed by atoms with Crippen molar-refractivity contribution in [3.8, 4) is 22.5 Å². The highest BCUT2D eigenvalue weighted by Gasteiger charge is 2.35. The number of nitrogen functional groups attached to an aromatic ring is 1. The number of benzene rings is 4. The molecule has 0 aliphatic carbocycles. The molecule has 1 saturated heterocycles. The molecule has 6 aromatic rings. The maximum absolute atomic E-state index is 13.0. The van der Waals surface area contributed by atoms with Gasteiger partial charge in [0.2, 0.25) is 0 Å². The minimum Gasteiger partial charge on any atom is -0.444 e. The number of anilines is 1. The Bertz CT molecular complexity index is 2000. The largest absolute Gasteiger partial charge is 0.444 e. The third-order valence-electron chi connectivity index (χ3n) is 8.61. The number of aryl methyl sites for hydroxylation is 2. The molecule has 1 fully saturated rings. The summed E-state index contributed by atoms with van der Waals surface area (Å²) in [7, 11) is 0. The summed E-state index contributed by atoms with van der Waals surface area (Å²) in [6.45, 7) is 10.5. The first kappa shape index (κ1) is 32.0. The summed E-state index contributed by atoms with van der Waals surface area (Å²) in [6, 6.07) is 33.3. The van der Waals surface area contributed by atoms with Gasteiger partial charge in [0, 0.05) is 34.7 Å². The Morgan fingerprint density at radius 3 is 1.89 bits per heavy atom. The Balaban J connectivity index is 0.000000191. The number of nitrogens with zero attached hydrogens (tertiary/aromatic N) is 1. The second-order valence-corrected chi connectivity index (χ2v) is 13.7. The summed E-state index contributed by atoms with van der Waals surface area (Å²) in [5, 5.41) is 2.31. The average Bonchev–Trinajstić information content (AvgIpc) is 3.66. The lowest BCUT2D eigenvalue weighted by Gasteiger charge is -2.39. The molecule has 0 radical (unpaired) electrons. The predicted octanol–water partition coefficient (Wildman–Crippen LogP) is 9.27. The molecule has 2 aromatic heterocycles. The van der Waals surface area contributed by atoms with Crippen molar-refractivity contribution in [3.05, 3.63) is 114 Å². The molecular weight excluding hydrogens is 582 g/mol. The van der Waals surface area contributed by atoms with Gasteiger partial charge in [0.15, 0.2) is 0 Å². The zero-order valence-corrected chi connectivity index (χ0v) is 27.9. The van der Waals surface area contributed by atoms with Crippen LogP contribution in [0, 0.1) is 13.8 Å². The highest BCUT2D eigenvalue weighted by molar-refractivity contribution is 5.94. The standard InChI is InChI=1S/C25H31N3O2.C15H14N2/c1-16-12-18-14-21(17-8-6-5-7-9-17)27-23(18)20(13-16)22-15-19(26)10-11-28(22)24(29)30-25(2,3)4;1-10-7-12-9-14(11-5-3-2-4-6-11)17-15(12)13(16)8-10/h5-9,12-14,19,22,27H,10-11,15,26H2,1-4H3;2-9,17H,16H2,1H3. The van der Waals surface area contributed by atoms with Crippen LogP contribution in [0.5, 0.6) is 0 Å². The molecule has 1 aliphatic heterocycles. The summed E-state index contributed by atoms with van der Waals surface area (Å²) in [5.41, 5.74) is 22.7. The van der Waals surface area contributed by atoms with Crippen LogP contribution in [-0.4, -0.2) is 39.1 Å². The molecule has 7 rings (SSSR count). The van der Waals surface area contributed by atoms with Gasteiger partial charge in [0.25, 0.3) is 0 Å². The molecule has 7 nitrogen and oxygen atoms in total. The average molecular weight is 628 g/mol. The lowest BCUT2D eigenvalue weighted by molar-refractivity contribution is 0.00813. The van der Waals surface area contributed by atoms with Crippen LogP contribution in [0.2, 0.25) is 0 Å². The quantitative estimate of drug-likeness (QED) is 0.146. The third-order valence-corrected chi connectivity index (χ3v) is 8.61. The van der Waals surface area contributed by atoms with Crippen LogP contribution < -0.4 is 11.5 Å². The summed E-state index contributed by atoms with van der Waals surface area (Å²) in [4.78, 5) is 21.8. The number of fused-ring (bicyclic) bond motifs is 2. The smallest absolute Gasteiger partial charge is 0.410 e. The third kappa shape index (κ3) is 7.21. The lowest BCUT2D eigenvalue weighted by atomic mass is 9.90. The molecule has 4 aromatic carbocycles. The molecule has 1 amide bonds. The molecule has 7 heteroatoms. The number of ether oxygens (including phenoxy) is 1. The summed E-state index contributed by atoms with van der Waals surface area (Å²) >= 11 is 0. The van der Waals surface area contributed by atoms with Crippen molar-refractivity contribution in [2.75, 3.05) is 12.3 Å². The van der Waals surface area contributed by atoms with Gasteiger partial charge in [-0.15, -0.1) is 0 Å². The number of aromatic amines is 2. The number of rotatable bonds is 3. The SMILES string of the molecule is Cc1cc(C2CC(N)CCN2C(=O)OC(C)(C)C)c2[nH]c(-c3ccccc3)cc2c1.Cc1cc(N)c2[nH]c(-c3ccccc3)cc2c1. The van der Waals surface area contributed by atoms with E-state index in [9.17, 15) is 4.79 Å². The summed E-state index contributed by atoms with van der Waals surface area (Å²) in [6.07, 6.45) is 1.23. The highest BCUT2D eigenvalue weighted by atomic mass is 16.6. The number of nitrogens with two attached hydrogens (primary N) is 2. The van der Waals surface area contributed by atoms with Crippen LogP contribution in [0.25, 0.3) is 44.3 Å². The fourth-order valence-electron chi connectivity index (χ4n) is 6.49. The van der Waals surface area contributed by atoms with E-state index in [0.29, 0.717) is 6.54 Å². The van der Waals surface area contributed by atoms with E-state index in [1.54, 1.807) is 0 Å². The molecule has 47 heavy (non-hydrogen) atoms. The number of carbonyl (C=O) groups excluding carboxylic acids is 1. The highest BCUT2D eigenvalue weighted by Crippen LogP contribution is 2.38. The van der Waals surface area contributed by atoms with E-state index in [4.69, 9.17) is 16.2 Å². The number of likely N-dealkylation sites (tertiary alicyclic amines) is 1. The van der Waals surface area contributed by atoms with Crippen molar-refractivity contribution in [3.63, 3.8) is 0 Å². The Morgan fingerprint density at radius 1 is 0.787 bits per heavy atom. The number of H-pyrrole nitrogens is 2. The maximum Gasteiger partial charge on any atom is 0.410 e. The van der Waals surface area contributed by atoms with Crippen LogP contribution in [0.1, 0.15) is 56.3 Å². The van der Waals surface area contributed by atoms with Gasteiger partial charge in [-0.1, -0.05) is 72.3 Å². The van der Waals surface area contributed by atoms with Crippen molar-refractivity contribution >= 4 is 33.6 Å². The molecule has 6 N–H and O–H groups in total. The van der Waals surface area contributed by atoms with E-state index in [-0.39, 0.29) is 18.2 Å². The normalized spacial score (nSPS) is 16.6. The second-order valence-electron chi connectivity index (χ2n) is 13.7. The number of hydrogen-bond acceptors (Lipinski definition) is 4. The Hall–Kier alpha value is -5.01. The zero-order chi connectivity index (χ0) is 33.3. The fourth-order valence-corrected chi connectivity index (χ4v) is 6.49. The molecule has 3 heterocycles. The van der Waals surface area contributed by atoms with Crippen LogP contribution in [0.3, 0.4) is 0 Å². The number of aromatic nitrogens is 2. The molecule has 2 unspecified atom stereocenters. The van der Waals surface area contributed by atoms with Gasteiger partial charge >= 0.3 is 6.09 Å². The number of carbonyl (C=O) groups is 1. The van der Waals surface area contributed by atoms with Gasteiger partial charge in [0.1, 0.15) is 5.60 Å². The molecule has 0 saturated carbocycles. The van der Waals surface area contributed by atoms with Gasteiger partial charge < -0.3 is 31.1 Å². The monoisotopic (exact) mass is 627 g/mol. The van der Waals surface area contributed by atoms with Gasteiger partial charge in [-0.05, 0) is 100 Å². The van der Waals surface area contributed by atoms with Gasteiger partial charge in [-0.2, -0.15) is 0 Å². The van der Waals surface area contributed by atoms with Crippen molar-refractivity contribution in [1.82, 2.24) is 14.9 Å². The minimum atomic E-state index is -0.532. The molecule has 0 spiro atoms. The number of amides is 1. The fraction of sp³-hybridized carbons (Fsp3) is 0.275. The van der Waals surface area contributed by atoms with E-state index in [1.807, 2.05) is 68.1 Å². The van der Waals surface area contributed by atoms with Gasteiger partial charge in [0.05, 0.1) is 22.8 Å². The first-order chi connectivity index (χ1) is 22.4. The van der Waals surface area contributed by atoms with Crippen molar-refractivity contribution in [2.45, 2.75) is 65.1 Å². The molecule has 1 aliphatic rings. The van der Waals surface area contributed by atoms with Crippen LogP contribution in [-0.2, 0) is 4.74 Å². The Labute approximate surface area is 276 Å². The zero-order valence-electron chi connectivity index (χ0n) is 27.9. The lowest BCUT2D eigenvalue weighted by Crippen LogP contribution is -2.47. The molecule has 242 valence electrons. The second kappa shape index (κ2) is 13.0. The summed E-state index contributed by atoms with van der Waals surface area (Å²) in [5.74, 6) is 0. The number of piperidine rings is 1. The van der Waals surface area contributed by atoms with E-state index < -0.39 is 5.60 Å².